The van der Waals surface area contributed by atoms with Crippen molar-refractivity contribution >= 4 is 23.5 Å². The van der Waals surface area contributed by atoms with Gasteiger partial charge in [-0.05, 0) is 0 Å². The summed E-state index contributed by atoms with van der Waals surface area (Å²) in [6, 6.07) is 0. The van der Waals surface area contributed by atoms with Gasteiger partial charge in [0.25, 0.3) is 0 Å². The van der Waals surface area contributed by atoms with E-state index in [1.165, 1.54) is 0 Å². The van der Waals surface area contributed by atoms with E-state index in [2.05, 4.69) is 13.6 Å². The van der Waals surface area contributed by atoms with Crippen molar-refractivity contribution in [2.75, 3.05) is 0 Å². The van der Waals surface area contributed by atoms with Crippen molar-refractivity contribution in [2.45, 2.75) is 36.6 Å². The predicted octanol–water partition coefficient (Wildman–Crippen LogP) is -3.48. The van der Waals surface area contributed by atoms with Crippen molar-refractivity contribution in [3.63, 3.8) is 0 Å². The minimum absolute atomic E-state index is 2.31. The van der Waals surface area contributed by atoms with Crippen LogP contribution in [-0.2, 0) is 27.3 Å². The van der Waals surface area contributed by atoms with Crippen LogP contribution in [0.25, 0.3) is 0 Å². The largest absolute Gasteiger partial charge is 0.470 e. The van der Waals surface area contributed by atoms with Crippen molar-refractivity contribution < 1.29 is 71.9 Å². The number of aliphatic hydroxyl groups excluding tert-OH is 3. The van der Waals surface area contributed by atoms with Gasteiger partial charge in [-0.25, -0.2) is 13.7 Å². The molecule has 0 bridgehead atoms. The van der Waals surface area contributed by atoms with Gasteiger partial charge in [0.05, 0.1) is 0 Å². The zero-order valence-corrected chi connectivity index (χ0v) is 14.0. The third-order valence-corrected chi connectivity index (χ3v) is 4.35. The van der Waals surface area contributed by atoms with Crippen molar-refractivity contribution in [3.05, 3.63) is 0 Å². The summed E-state index contributed by atoms with van der Waals surface area (Å²) in [6.07, 6.45) is -14.3. The number of hydrogen-bond donors (Lipinski definition) is 9. The fourth-order valence-corrected chi connectivity index (χ4v) is 3.69. The Bertz CT molecular complexity index is 536. The van der Waals surface area contributed by atoms with E-state index in [1.807, 2.05) is 0 Å². The van der Waals surface area contributed by atoms with Crippen LogP contribution in [0.15, 0.2) is 0 Å². The van der Waals surface area contributed by atoms with Crippen LogP contribution in [0.4, 0.5) is 0 Å². The Morgan fingerprint density at radius 3 is 1.00 bits per heavy atom. The Morgan fingerprint density at radius 2 is 0.750 bits per heavy atom. The van der Waals surface area contributed by atoms with Crippen LogP contribution in [-0.4, -0.2) is 81.3 Å². The summed E-state index contributed by atoms with van der Waals surface area (Å²) < 4.78 is 45.0. The van der Waals surface area contributed by atoms with Crippen LogP contribution in [0.1, 0.15) is 0 Å². The molecule has 144 valence electrons. The number of phosphoric ester groups is 3. The van der Waals surface area contributed by atoms with Crippen LogP contribution < -0.4 is 0 Å². The van der Waals surface area contributed by atoms with Crippen LogP contribution in [0.3, 0.4) is 0 Å². The maximum absolute atomic E-state index is 11.0. The van der Waals surface area contributed by atoms with E-state index in [0.29, 0.717) is 0 Å². The topological polar surface area (TPSA) is 261 Å². The second kappa shape index (κ2) is 7.45. The molecule has 1 rings (SSSR count). The molecule has 9 N–H and O–H groups in total. The molecule has 15 nitrogen and oxygen atoms in total. The fourth-order valence-electron chi connectivity index (χ4n) is 2.01. The quantitative estimate of drug-likeness (QED) is 0.189. The van der Waals surface area contributed by atoms with Gasteiger partial charge in [0.2, 0.25) is 0 Å². The molecular weight excluding hydrogens is 405 g/mol. The molecular formula is C6H15O15P3. The monoisotopic (exact) mass is 420 g/mol. The smallest absolute Gasteiger partial charge is 0.387 e. The lowest BCUT2D eigenvalue weighted by Crippen LogP contribution is -2.65. The zero-order valence-electron chi connectivity index (χ0n) is 11.3. The number of hydrogen-bond acceptors (Lipinski definition) is 9. The third-order valence-electron chi connectivity index (χ3n) is 2.80. The van der Waals surface area contributed by atoms with E-state index >= 15 is 0 Å². The van der Waals surface area contributed by atoms with Crippen LogP contribution >= 0.6 is 23.5 Å². The Labute approximate surface area is 133 Å². The Morgan fingerprint density at radius 1 is 0.500 bits per heavy atom. The first-order valence-electron chi connectivity index (χ1n) is 5.78. The molecule has 1 fully saturated rings. The first kappa shape index (κ1) is 22.3. The van der Waals surface area contributed by atoms with E-state index in [-0.39, 0.29) is 0 Å². The van der Waals surface area contributed by atoms with Crippen molar-refractivity contribution in [1.29, 1.82) is 0 Å². The third kappa shape index (κ3) is 6.50. The summed E-state index contributed by atoms with van der Waals surface area (Å²) in [7, 11) is -16.3. The van der Waals surface area contributed by atoms with Crippen LogP contribution in [0.5, 0.6) is 0 Å². The molecule has 0 aromatic heterocycles. The molecule has 0 amide bonds. The van der Waals surface area contributed by atoms with E-state index < -0.39 is 60.1 Å². The zero-order chi connectivity index (χ0) is 19.1. The van der Waals surface area contributed by atoms with Crippen LogP contribution in [0, 0.1) is 0 Å². The van der Waals surface area contributed by atoms with Crippen molar-refractivity contribution in [2.24, 2.45) is 0 Å². The Kier molecular flexibility index (Phi) is 6.90. The van der Waals surface area contributed by atoms with Crippen molar-refractivity contribution in [3.8, 4) is 0 Å². The normalized spacial score (nSPS) is 35.9. The van der Waals surface area contributed by atoms with Gasteiger partial charge in [0.15, 0.2) is 0 Å². The summed E-state index contributed by atoms with van der Waals surface area (Å²) in [5, 5.41) is 29.0. The second-order valence-corrected chi connectivity index (χ2v) is 8.23. The standard InChI is InChI=1S/C6H15O15P3/c7-1-2(8)4(19-22(10,11)12)6(21-24(16,17)18)5(3(1)9)20-23(13,14)15/h1-9H,(H2,10,11,12)(H2,13,14,15)(H2,16,17,18)/t1?,2-,3+,4+,5-,6?. The molecule has 1 saturated carbocycles. The highest BCUT2D eigenvalue weighted by Gasteiger charge is 2.56. The molecule has 0 saturated heterocycles. The molecule has 6 atom stereocenters. The Hall–Kier alpha value is 0.210. The average Bonchev–Trinajstić information content (AvgIpc) is 2.32. The van der Waals surface area contributed by atoms with Crippen LogP contribution in [0.2, 0.25) is 0 Å². The maximum Gasteiger partial charge on any atom is 0.470 e. The number of rotatable bonds is 6. The van der Waals surface area contributed by atoms with Gasteiger partial charge in [0.1, 0.15) is 36.6 Å². The van der Waals surface area contributed by atoms with Gasteiger partial charge in [0, 0.05) is 0 Å². The lowest BCUT2D eigenvalue weighted by molar-refractivity contribution is -0.212. The van der Waals surface area contributed by atoms with Gasteiger partial charge in [-0.3, -0.25) is 13.6 Å². The highest BCUT2D eigenvalue weighted by Crippen LogP contribution is 2.50. The van der Waals surface area contributed by atoms with Gasteiger partial charge in [-0.2, -0.15) is 0 Å². The second-order valence-electron chi connectivity index (χ2n) is 4.65. The molecule has 2 unspecified atom stereocenters. The van der Waals surface area contributed by atoms with E-state index in [4.69, 9.17) is 29.4 Å². The molecule has 0 aromatic rings. The highest BCUT2D eigenvalue weighted by molar-refractivity contribution is 7.47. The SMILES string of the molecule is O=P(O)(O)OC1[C@@H](OP(=O)(O)O)[C@H](O)C(O)[C@H](O)[C@H]1OP(=O)(O)O. The summed E-state index contributed by atoms with van der Waals surface area (Å²) in [4.78, 5) is 52.7. The van der Waals surface area contributed by atoms with Gasteiger partial charge in [-0.15, -0.1) is 0 Å². The first-order chi connectivity index (χ1) is 10.5. The lowest BCUT2D eigenvalue weighted by atomic mass is 9.85. The summed E-state index contributed by atoms with van der Waals surface area (Å²) in [5.41, 5.74) is 0. The molecule has 0 spiro atoms. The van der Waals surface area contributed by atoms with E-state index in [9.17, 15) is 29.0 Å². The molecule has 1 aliphatic carbocycles. The summed E-state index contributed by atoms with van der Waals surface area (Å²) >= 11 is 0. The van der Waals surface area contributed by atoms with Crippen molar-refractivity contribution in [1.82, 2.24) is 0 Å². The predicted molar refractivity (Wildman–Crippen MR) is 68.8 cm³/mol. The molecule has 0 aliphatic heterocycles. The number of aliphatic hydroxyl groups is 3. The number of phosphoric acid groups is 3. The molecule has 0 radical (unpaired) electrons. The van der Waals surface area contributed by atoms with E-state index in [0.717, 1.165) is 0 Å². The first-order valence-corrected chi connectivity index (χ1v) is 10.4. The molecule has 0 aromatic carbocycles. The fraction of sp³-hybridized carbons (Fsp3) is 1.00. The summed E-state index contributed by atoms with van der Waals surface area (Å²) in [5.74, 6) is 0. The summed E-state index contributed by atoms with van der Waals surface area (Å²) in [6.45, 7) is 0. The maximum atomic E-state index is 11.0. The lowest BCUT2D eigenvalue weighted by Gasteiger charge is -2.44. The molecule has 24 heavy (non-hydrogen) atoms. The molecule has 1 aliphatic rings. The van der Waals surface area contributed by atoms with Gasteiger partial charge < -0.3 is 44.7 Å². The van der Waals surface area contributed by atoms with Gasteiger partial charge in [-0.1, -0.05) is 0 Å². The molecule has 0 heterocycles. The average molecular weight is 420 g/mol. The molecule has 18 heteroatoms. The van der Waals surface area contributed by atoms with E-state index in [1.54, 1.807) is 0 Å². The minimum Gasteiger partial charge on any atom is -0.387 e. The Balaban J connectivity index is 3.32. The van der Waals surface area contributed by atoms with Gasteiger partial charge >= 0.3 is 23.5 Å². The minimum atomic E-state index is -5.48. The highest BCUT2D eigenvalue weighted by atomic mass is 31.2.